The Morgan fingerprint density at radius 1 is 0.879 bits per heavy atom. The highest BCUT2D eigenvalue weighted by atomic mass is 19.4. The van der Waals surface area contributed by atoms with Crippen LogP contribution in [0.2, 0.25) is 0 Å². The minimum atomic E-state index is -4.37. The van der Waals surface area contributed by atoms with Crippen molar-refractivity contribution in [2.75, 3.05) is 0 Å². The van der Waals surface area contributed by atoms with Crippen LogP contribution in [-0.4, -0.2) is 15.4 Å². The standard InChI is InChI=1S/C27H29F3N2O/c28-27(29,30)24-14-7-11-22(17-24)19-31-16-8-15-25(31)20-32(18-21-9-3-1-4-10-21)26(33)23-12-5-2-6-13-23/h1,3-4,7-11,14-17,23H,2,5-6,12-13,18-20H2. The van der Waals surface area contributed by atoms with Crippen LogP contribution in [0.3, 0.4) is 0 Å². The Kier molecular flexibility index (Phi) is 7.21. The van der Waals surface area contributed by atoms with E-state index in [1.54, 1.807) is 6.07 Å². The van der Waals surface area contributed by atoms with Crippen molar-refractivity contribution in [3.05, 3.63) is 95.3 Å². The summed E-state index contributed by atoms with van der Waals surface area (Å²) in [6.45, 7) is 1.27. The average molecular weight is 455 g/mol. The van der Waals surface area contributed by atoms with Crippen LogP contribution in [-0.2, 0) is 30.6 Å². The quantitative estimate of drug-likeness (QED) is 0.392. The molecule has 0 aliphatic heterocycles. The molecule has 1 aliphatic carbocycles. The molecule has 6 heteroatoms. The van der Waals surface area contributed by atoms with Gasteiger partial charge in [-0.25, -0.2) is 0 Å². The number of alkyl halides is 3. The van der Waals surface area contributed by atoms with Gasteiger partial charge in [0.1, 0.15) is 0 Å². The number of aromatic nitrogens is 1. The number of hydrogen-bond donors (Lipinski definition) is 0. The van der Waals surface area contributed by atoms with Crippen molar-refractivity contribution in [1.29, 1.82) is 0 Å². The van der Waals surface area contributed by atoms with Crippen LogP contribution in [0.1, 0.15) is 54.5 Å². The molecule has 0 radical (unpaired) electrons. The molecule has 1 fully saturated rings. The van der Waals surface area contributed by atoms with Gasteiger partial charge in [-0.1, -0.05) is 61.7 Å². The molecular weight excluding hydrogens is 425 g/mol. The summed E-state index contributed by atoms with van der Waals surface area (Å²) in [5.41, 5.74) is 1.91. The van der Waals surface area contributed by atoms with E-state index in [1.165, 1.54) is 18.6 Å². The van der Waals surface area contributed by atoms with E-state index in [1.807, 2.05) is 58.1 Å². The van der Waals surface area contributed by atoms with Gasteiger partial charge < -0.3 is 9.47 Å². The highest BCUT2D eigenvalue weighted by Gasteiger charge is 2.30. The van der Waals surface area contributed by atoms with Gasteiger partial charge in [-0.3, -0.25) is 4.79 Å². The molecule has 3 nitrogen and oxygen atoms in total. The minimum absolute atomic E-state index is 0.0503. The van der Waals surface area contributed by atoms with Gasteiger partial charge in [0.25, 0.3) is 0 Å². The lowest BCUT2D eigenvalue weighted by Crippen LogP contribution is -2.36. The molecule has 0 atom stereocenters. The van der Waals surface area contributed by atoms with Gasteiger partial charge in [0.05, 0.1) is 12.1 Å². The lowest BCUT2D eigenvalue weighted by Gasteiger charge is -2.30. The van der Waals surface area contributed by atoms with Gasteiger partial charge in [0.2, 0.25) is 5.91 Å². The second-order valence-electron chi connectivity index (χ2n) is 8.84. The van der Waals surface area contributed by atoms with E-state index >= 15 is 0 Å². The Balaban J connectivity index is 1.54. The maximum atomic E-state index is 13.4. The Morgan fingerprint density at radius 3 is 2.33 bits per heavy atom. The first-order valence-corrected chi connectivity index (χ1v) is 11.5. The predicted octanol–water partition coefficient (Wildman–Crippen LogP) is 6.66. The lowest BCUT2D eigenvalue weighted by atomic mass is 9.88. The average Bonchev–Trinajstić information content (AvgIpc) is 3.25. The molecule has 1 aromatic heterocycles. The minimum Gasteiger partial charge on any atom is -0.345 e. The van der Waals surface area contributed by atoms with Crippen LogP contribution < -0.4 is 0 Å². The van der Waals surface area contributed by atoms with Gasteiger partial charge in [-0.15, -0.1) is 0 Å². The van der Waals surface area contributed by atoms with Crippen molar-refractivity contribution in [3.63, 3.8) is 0 Å². The van der Waals surface area contributed by atoms with Crippen molar-refractivity contribution < 1.29 is 18.0 Å². The molecule has 0 N–H and O–H groups in total. The van der Waals surface area contributed by atoms with Gasteiger partial charge in [0.15, 0.2) is 0 Å². The van der Waals surface area contributed by atoms with Crippen molar-refractivity contribution in [2.24, 2.45) is 5.92 Å². The number of halogens is 3. The molecule has 174 valence electrons. The molecule has 33 heavy (non-hydrogen) atoms. The monoisotopic (exact) mass is 454 g/mol. The summed E-state index contributed by atoms with van der Waals surface area (Å²) >= 11 is 0. The summed E-state index contributed by atoms with van der Waals surface area (Å²) < 4.78 is 41.3. The number of benzene rings is 2. The molecule has 1 heterocycles. The molecule has 0 saturated heterocycles. The van der Waals surface area contributed by atoms with E-state index in [-0.39, 0.29) is 11.8 Å². The first kappa shape index (κ1) is 23.1. The predicted molar refractivity (Wildman–Crippen MR) is 122 cm³/mol. The van der Waals surface area contributed by atoms with Crippen LogP contribution in [0.15, 0.2) is 72.9 Å². The summed E-state index contributed by atoms with van der Waals surface area (Å²) in [7, 11) is 0. The largest absolute Gasteiger partial charge is 0.416 e. The highest BCUT2D eigenvalue weighted by molar-refractivity contribution is 5.79. The second kappa shape index (κ2) is 10.3. The van der Waals surface area contributed by atoms with E-state index < -0.39 is 11.7 Å². The maximum absolute atomic E-state index is 13.4. The zero-order valence-corrected chi connectivity index (χ0v) is 18.6. The third-order valence-electron chi connectivity index (χ3n) is 6.37. The van der Waals surface area contributed by atoms with E-state index in [4.69, 9.17) is 0 Å². The smallest absolute Gasteiger partial charge is 0.345 e. The normalized spacial score (nSPS) is 14.9. The summed E-state index contributed by atoms with van der Waals surface area (Å²) in [4.78, 5) is 15.4. The number of carbonyl (C=O) groups excluding carboxylic acids is 1. The van der Waals surface area contributed by atoms with E-state index in [9.17, 15) is 18.0 Å². The molecular formula is C27H29F3N2O. The van der Waals surface area contributed by atoms with Crippen LogP contribution in [0.5, 0.6) is 0 Å². The first-order valence-electron chi connectivity index (χ1n) is 11.5. The van der Waals surface area contributed by atoms with Crippen LogP contribution in [0, 0.1) is 5.92 Å². The Bertz CT molecular complexity index is 1050. The fourth-order valence-electron chi connectivity index (χ4n) is 4.61. The van der Waals surface area contributed by atoms with Crippen LogP contribution in [0.4, 0.5) is 13.2 Å². The zero-order chi connectivity index (χ0) is 23.3. The van der Waals surface area contributed by atoms with Crippen LogP contribution in [0.25, 0.3) is 0 Å². The van der Waals surface area contributed by atoms with Gasteiger partial charge in [-0.05, 0) is 48.2 Å². The molecule has 1 aliphatic rings. The molecule has 0 bridgehead atoms. The van der Waals surface area contributed by atoms with E-state index in [2.05, 4.69) is 0 Å². The maximum Gasteiger partial charge on any atom is 0.416 e. The summed E-state index contributed by atoms with van der Waals surface area (Å²) in [5.74, 6) is 0.222. The lowest BCUT2D eigenvalue weighted by molar-refractivity contribution is -0.138. The first-order chi connectivity index (χ1) is 15.9. The van der Waals surface area contributed by atoms with Crippen LogP contribution >= 0.6 is 0 Å². The molecule has 0 spiro atoms. The fourth-order valence-corrected chi connectivity index (χ4v) is 4.61. The van der Waals surface area contributed by atoms with Crippen molar-refractivity contribution in [3.8, 4) is 0 Å². The van der Waals surface area contributed by atoms with Gasteiger partial charge in [-0.2, -0.15) is 13.2 Å². The SMILES string of the molecule is O=C(C1CCCCC1)N(Cc1ccccc1)Cc1cccn1Cc1cccc(C(F)(F)F)c1. The number of carbonyl (C=O) groups is 1. The number of amides is 1. The summed E-state index contributed by atoms with van der Waals surface area (Å²) in [5, 5.41) is 0. The molecule has 1 saturated carbocycles. The van der Waals surface area contributed by atoms with Gasteiger partial charge >= 0.3 is 6.18 Å². The highest BCUT2D eigenvalue weighted by Crippen LogP contribution is 2.30. The molecule has 1 amide bonds. The zero-order valence-electron chi connectivity index (χ0n) is 18.6. The van der Waals surface area contributed by atoms with E-state index in [0.717, 1.165) is 43.0 Å². The molecule has 4 rings (SSSR count). The third kappa shape index (κ3) is 6.06. The van der Waals surface area contributed by atoms with E-state index in [0.29, 0.717) is 25.2 Å². The van der Waals surface area contributed by atoms with Crippen molar-refractivity contribution in [1.82, 2.24) is 9.47 Å². The topological polar surface area (TPSA) is 25.2 Å². The Morgan fingerprint density at radius 2 is 1.61 bits per heavy atom. The summed E-state index contributed by atoms with van der Waals surface area (Å²) in [6.07, 6.45) is 2.70. The molecule has 2 aromatic carbocycles. The fraction of sp³-hybridized carbons (Fsp3) is 0.370. The Hall–Kier alpha value is -3.02. The third-order valence-corrected chi connectivity index (χ3v) is 6.37. The Labute approximate surface area is 192 Å². The molecule has 0 unspecified atom stereocenters. The van der Waals surface area contributed by atoms with Gasteiger partial charge in [0, 0.05) is 30.9 Å². The second-order valence-corrected chi connectivity index (χ2v) is 8.84. The summed E-state index contributed by atoms with van der Waals surface area (Å²) in [6, 6.07) is 19.2. The van der Waals surface area contributed by atoms with Crippen molar-refractivity contribution >= 4 is 5.91 Å². The number of nitrogens with zero attached hydrogens (tertiary/aromatic N) is 2. The number of hydrogen-bond acceptors (Lipinski definition) is 1. The van der Waals surface area contributed by atoms with Crippen molar-refractivity contribution in [2.45, 2.75) is 57.9 Å². The number of rotatable bonds is 7. The molecule has 3 aromatic rings.